The highest BCUT2D eigenvalue weighted by Gasteiger charge is 2.24. The molecule has 2 atom stereocenters. The maximum Gasteiger partial charge on any atom is 0.167 e. The van der Waals surface area contributed by atoms with Crippen molar-refractivity contribution in [2.75, 3.05) is 12.3 Å². The lowest BCUT2D eigenvalue weighted by atomic mass is 10.1. The van der Waals surface area contributed by atoms with Gasteiger partial charge in [-0.15, -0.1) is 0 Å². The Morgan fingerprint density at radius 3 is 3.11 bits per heavy atom. The van der Waals surface area contributed by atoms with Gasteiger partial charge in [0.15, 0.2) is 11.5 Å². The number of hydrogen-bond acceptors (Lipinski definition) is 6. The van der Waals surface area contributed by atoms with Gasteiger partial charge in [0.2, 0.25) is 0 Å². The van der Waals surface area contributed by atoms with Crippen LogP contribution >= 0.6 is 0 Å². The quantitative estimate of drug-likeness (QED) is 0.802. The molecule has 3 rings (SSSR count). The number of nitrogens with two attached hydrogens (primary N) is 1. The average Bonchev–Trinajstić information content (AvgIpc) is 2.84. The van der Waals surface area contributed by atoms with Crippen molar-refractivity contribution in [3.05, 3.63) is 12.7 Å². The smallest absolute Gasteiger partial charge is 0.167 e. The van der Waals surface area contributed by atoms with Gasteiger partial charge in [-0.1, -0.05) is 0 Å². The van der Waals surface area contributed by atoms with Crippen LogP contribution in [0.4, 0.5) is 5.82 Å². The Morgan fingerprint density at radius 2 is 2.28 bits per heavy atom. The molecule has 0 aromatic carbocycles. The van der Waals surface area contributed by atoms with Gasteiger partial charge in [-0.25, -0.2) is 15.0 Å². The number of fused-ring (bicyclic) bond motifs is 1. The lowest BCUT2D eigenvalue weighted by Gasteiger charge is -2.29. The van der Waals surface area contributed by atoms with Gasteiger partial charge in [-0.05, 0) is 19.3 Å². The zero-order valence-electron chi connectivity index (χ0n) is 9.86. The summed E-state index contributed by atoms with van der Waals surface area (Å²) in [6.45, 7) is 0.0419. The number of imidazole rings is 1. The second-order valence-corrected chi connectivity index (χ2v) is 4.41. The molecule has 0 bridgehead atoms. The van der Waals surface area contributed by atoms with E-state index in [1.54, 1.807) is 6.33 Å². The standard InChI is InChI=1S/C11H15N5O2/c12-10-9-11(14-5-13-10)16(6-15-9)8-3-1-2-7(4-17)18-8/h5-8,17H,1-4H2,(H2,12,13,14)/t7-,8-/m1/s1. The van der Waals surface area contributed by atoms with E-state index < -0.39 is 0 Å². The Balaban J connectivity index is 1.96. The van der Waals surface area contributed by atoms with E-state index >= 15 is 0 Å². The molecule has 7 nitrogen and oxygen atoms in total. The first kappa shape index (κ1) is 11.4. The fourth-order valence-corrected chi connectivity index (χ4v) is 2.30. The van der Waals surface area contributed by atoms with Gasteiger partial charge in [-0.2, -0.15) is 0 Å². The zero-order chi connectivity index (χ0) is 12.5. The van der Waals surface area contributed by atoms with Gasteiger partial charge in [0.1, 0.15) is 18.1 Å². The molecule has 1 aliphatic heterocycles. The number of aromatic nitrogens is 4. The minimum Gasteiger partial charge on any atom is -0.394 e. The molecular weight excluding hydrogens is 234 g/mol. The molecule has 0 amide bonds. The molecule has 7 heteroatoms. The van der Waals surface area contributed by atoms with Crippen molar-refractivity contribution in [3.63, 3.8) is 0 Å². The third-order valence-corrected chi connectivity index (χ3v) is 3.23. The number of aliphatic hydroxyl groups excluding tert-OH is 1. The second kappa shape index (κ2) is 4.51. The lowest BCUT2D eigenvalue weighted by molar-refractivity contribution is -0.105. The summed E-state index contributed by atoms with van der Waals surface area (Å²) in [7, 11) is 0. The number of rotatable bonds is 2. The number of hydrogen-bond donors (Lipinski definition) is 2. The topological polar surface area (TPSA) is 99.1 Å². The normalized spacial score (nSPS) is 24.5. The van der Waals surface area contributed by atoms with Crippen molar-refractivity contribution in [2.45, 2.75) is 31.6 Å². The molecular formula is C11H15N5O2. The molecule has 3 heterocycles. The average molecular weight is 249 g/mol. The van der Waals surface area contributed by atoms with Gasteiger partial charge in [0, 0.05) is 0 Å². The fraction of sp³-hybridized carbons (Fsp3) is 0.545. The molecule has 2 aromatic heterocycles. The van der Waals surface area contributed by atoms with Crippen LogP contribution in [0.15, 0.2) is 12.7 Å². The van der Waals surface area contributed by atoms with Crippen LogP contribution in [0.1, 0.15) is 25.5 Å². The summed E-state index contributed by atoms with van der Waals surface area (Å²) in [5.74, 6) is 0.369. The molecule has 0 unspecified atom stereocenters. The number of ether oxygens (including phenoxy) is 1. The number of nitrogens with zero attached hydrogens (tertiary/aromatic N) is 4. The largest absolute Gasteiger partial charge is 0.394 e. The first-order valence-corrected chi connectivity index (χ1v) is 5.99. The van der Waals surface area contributed by atoms with Crippen LogP contribution in [0, 0.1) is 0 Å². The minimum absolute atomic E-state index is 0.0419. The number of aliphatic hydroxyl groups is 1. The van der Waals surface area contributed by atoms with E-state index in [0.717, 1.165) is 19.3 Å². The van der Waals surface area contributed by atoms with Crippen molar-refractivity contribution in [1.29, 1.82) is 0 Å². The van der Waals surface area contributed by atoms with E-state index in [4.69, 9.17) is 15.6 Å². The molecule has 1 aliphatic rings. The third-order valence-electron chi connectivity index (χ3n) is 3.23. The van der Waals surface area contributed by atoms with Crippen LogP contribution in [0.2, 0.25) is 0 Å². The molecule has 0 radical (unpaired) electrons. The number of nitrogen functional groups attached to an aromatic ring is 1. The highest BCUT2D eigenvalue weighted by atomic mass is 16.5. The summed E-state index contributed by atoms with van der Waals surface area (Å²) in [4.78, 5) is 12.3. The Kier molecular flexibility index (Phi) is 2.85. The minimum atomic E-state index is -0.143. The highest BCUT2D eigenvalue weighted by Crippen LogP contribution is 2.29. The SMILES string of the molecule is Nc1ncnc2c1ncn2[C@H]1CCC[C@H](CO)O1. The molecule has 2 aromatic rings. The van der Waals surface area contributed by atoms with E-state index in [9.17, 15) is 0 Å². The van der Waals surface area contributed by atoms with E-state index in [0.29, 0.717) is 17.0 Å². The molecule has 1 fully saturated rings. The first-order chi connectivity index (χ1) is 8.79. The summed E-state index contributed by atoms with van der Waals surface area (Å²) in [6, 6.07) is 0. The van der Waals surface area contributed by atoms with Gasteiger partial charge < -0.3 is 15.6 Å². The van der Waals surface area contributed by atoms with Crippen LogP contribution in [0.25, 0.3) is 11.2 Å². The maximum atomic E-state index is 9.17. The summed E-state index contributed by atoms with van der Waals surface area (Å²) >= 11 is 0. The maximum absolute atomic E-state index is 9.17. The van der Waals surface area contributed by atoms with E-state index in [-0.39, 0.29) is 18.9 Å². The van der Waals surface area contributed by atoms with Crippen molar-refractivity contribution in [3.8, 4) is 0 Å². The Bertz CT molecular complexity index is 555. The van der Waals surface area contributed by atoms with Crippen LogP contribution in [-0.4, -0.2) is 37.3 Å². The Hall–Kier alpha value is -1.73. The van der Waals surface area contributed by atoms with E-state index in [2.05, 4.69) is 15.0 Å². The number of anilines is 1. The highest BCUT2D eigenvalue weighted by molar-refractivity contribution is 5.81. The second-order valence-electron chi connectivity index (χ2n) is 4.41. The van der Waals surface area contributed by atoms with Gasteiger partial charge in [0.05, 0.1) is 19.0 Å². The summed E-state index contributed by atoms with van der Waals surface area (Å²) in [5.41, 5.74) is 7.01. The lowest BCUT2D eigenvalue weighted by Crippen LogP contribution is -2.28. The monoisotopic (exact) mass is 249 g/mol. The van der Waals surface area contributed by atoms with Crippen molar-refractivity contribution >= 4 is 17.0 Å². The van der Waals surface area contributed by atoms with Crippen LogP contribution < -0.4 is 5.73 Å². The predicted octanol–water partition coefficient (Wildman–Crippen LogP) is 0.468. The van der Waals surface area contributed by atoms with Gasteiger partial charge in [0.25, 0.3) is 0 Å². The zero-order valence-corrected chi connectivity index (χ0v) is 9.86. The summed E-state index contributed by atoms with van der Waals surface area (Å²) < 4.78 is 7.66. The molecule has 18 heavy (non-hydrogen) atoms. The third kappa shape index (κ3) is 1.81. The van der Waals surface area contributed by atoms with Crippen molar-refractivity contribution in [1.82, 2.24) is 19.5 Å². The van der Waals surface area contributed by atoms with Crippen LogP contribution in [0.3, 0.4) is 0 Å². The fourth-order valence-electron chi connectivity index (χ4n) is 2.30. The van der Waals surface area contributed by atoms with Crippen LogP contribution in [-0.2, 0) is 4.74 Å². The Morgan fingerprint density at radius 1 is 1.39 bits per heavy atom. The first-order valence-electron chi connectivity index (χ1n) is 5.99. The molecule has 0 saturated carbocycles. The summed E-state index contributed by atoms with van der Waals surface area (Å²) in [5, 5.41) is 9.17. The predicted molar refractivity (Wildman–Crippen MR) is 64.6 cm³/mol. The van der Waals surface area contributed by atoms with E-state index in [1.807, 2.05) is 4.57 Å². The molecule has 96 valence electrons. The van der Waals surface area contributed by atoms with Gasteiger partial charge in [-0.3, -0.25) is 4.57 Å². The van der Waals surface area contributed by atoms with E-state index in [1.165, 1.54) is 6.33 Å². The van der Waals surface area contributed by atoms with Gasteiger partial charge >= 0.3 is 0 Å². The summed E-state index contributed by atoms with van der Waals surface area (Å²) in [6.07, 6.45) is 5.61. The molecule has 0 aliphatic carbocycles. The Labute approximate surface area is 104 Å². The molecule has 3 N–H and O–H groups in total. The van der Waals surface area contributed by atoms with Crippen molar-refractivity contribution in [2.24, 2.45) is 0 Å². The van der Waals surface area contributed by atoms with Crippen LogP contribution in [0.5, 0.6) is 0 Å². The molecule has 0 spiro atoms. The van der Waals surface area contributed by atoms with Crippen molar-refractivity contribution < 1.29 is 9.84 Å². The molecule has 1 saturated heterocycles.